The van der Waals surface area contributed by atoms with Crippen LogP contribution in [0.3, 0.4) is 0 Å². The van der Waals surface area contributed by atoms with E-state index in [0.717, 1.165) is 38.4 Å². The first-order chi connectivity index (χ1) is 11.3. The fourth-order valence-corrected chi connectivity index (χ4v) is 3.36. The molecule has 3 aromatic rings. The summed E-state index contributed by atoms with van der Waals surface area (Å²) in [6.07, 6.45) is 1.75. The quantitative estimate of drug-likeness (QED) is 0.681. The summed E-state index contributed by atoms with van der Waals surface area (Å²) in [6, 6.07) is 16.0. The molecule has 23 heavy (non-hydrogen) atoms. The Morgan fingerprint density at radius 3 is 2.70 bits per heavy atom. The fourth-order valence-electron chi connectivity index (χ4n) is 2.45. The maximum atomic E-state index is 9.54. The monoisotopic (exact) mass is 325 g/mol. The number of nitrogens with zero attached hydrogens (tertiary/aromatic N) is 1. The van der Waals surface area contributed by atoms with Crippen LogP contribution in [0.15, 0.2) is 59.6 Å². The van der Waals surface area contributed by atoms with E-state index in [-0.39, 0.29) is 6.61 Å². The molecule has 1 N–H and O–H groups in total. The van der Waals surface area contributed by atoms with Gasteiger partial charge in [0.25, 0.3) is 0 Å². The van der Waals surface area contributed by atoms with Crippen LogP contribution < -0.4 is 4.74 Å². The first-order valence-electron chi connectivity index (χ1n) is 7.64. The molecule has 4 heteroatoms. The summed E-state index contributed by atoms with van der Waals surface area (Å²) in [6.45, 7) is 2.64. The van der Waals surface area contributed by atoms with Gasteiger partial charge < -0.3 is 9.84 Å². The predicted molar refractivity (Wildman–Crippen MR) is 94.8 cm³/mol. The highest BCUT2D eigenvalue weighted by atomic mass is 32.2. The molecule has 0 saturated carbocycles. The lowest BCUT2D eigenvalue weighted by molar-refractivity contribution is 0.278. The molecule has 0 saturated heterocycles. The van der Waals surface area contributed by atoms with E-state index in [4.69, 9.17) is 4.74 Å². The van der Waals surface area contributed by atoms with E-state index in [9.17, 15) is 5.11 Å². The largest absolute Gasteiger partial charge is 0.489 e. The molecule has 0 bridgehead atoms. The van der Waals surface area contributed by atoms with E-state index in [0.29, 0.717) is 6.61 Å². The zero-order valence-corrected chi connectivity index (χ0v) is 13.8. The summed E-state index contributed by atoms with van der Waals surface area (Å²) >= 11 is 1.72. The number of aliphatic hydroxyl groups is 1. The zero-order chi connectivity index (χ0) is 16.1. The Morgan fingerprint density at radius 1 is 1.13 bits per heavy atom. The van der Waals surface area contributed by atoms with Crippen LogP contribution in [0.1, 0.15) is 18.1 Å². The second-order valence-electron chi connectivity index (χ2n) is 5.16. The van der Waals surface area contributed by atoms with E-state index >= 15 is 0 Å². The molecule has 0 radical (unpaired) electrons. The molecule has 0 fully saturated rings. The Morgan fingerprint density at radius 2 is 1.96 bits per heavy atom. The molecule has 0 spiro atoms. The molecule has 0 aliphatic carbocycles. The highest BCUT2D eigenvalue weighted by Crippen LogP contribution is 2.32. The Hall–Kier alpha value is -2.04. The third-order valence-corrected chi connectivity index (χ3v) is 4.63. The van der Waals surface area contributed by atoms with Crippen molar-refractivity contribution in [2.45, 2.75) is 25.0 Å². The Balaban J connectivity index is 1.91. The normalized spacial score (nSPS) is 10.9. The smallest absolute Gasteiger partial charge is 0.120 e. The molecular weight excluding hydrogens is 306 g/mol. The summed E-state index contributed by atoms with van der Waals surface area (Å²) in [5.74, 6) is 1.76. The number of aromatic nitrogens is 1. The summed E-state index contributed by atoms with van der Waals surface area (Å²) in [5.41, 5.74) is 2.92. The molecule has 1 aromatic heterocycles. The Labute approximate surface area is 140 Å². The lowest BCUT2D eigenvalue weighted by Gasteiger charge is -2.12. The predicted octanol–water partition coefficient (Wildman–Crippen LogP) is 4.42. The third-order valence-electron chi connectivity index (χ3n) is 3.57. The number of benzene rings is 2. The summed E-state index contributed by atoms with van der Waals surface area (Å²) < 4.78 is 5.91. The summed E-state index contributed by atoms with van der Waals surface area (Å²) in [7, 11) is 0. The van der Waals surface area contributed by atoms with Crippen molar-refractivity contribution >= 4 is 22.7 Å². The van der Waals surface area contributed by atoms with Gasteiger partial charge in [0, 0.05) is 22.0 Å². The Kier molecular flexibility index (Phi) is 5.16. The number of rotatable bonds is 6. The van der Waals surface area contributed by atoms with Gasteiger partial charge in [-0.25, -0.2) is 0 Å². The molecule has 0 amide bonds. The van der Waals surface area contributed by atoms with Crippen molar-refractivity contribution in [3.05, 3.63) is 65.9 Å². The minimum absolute atomic E-state index is 0.000370. The van der Waals surface area contributed by atoms with E-state index in [1.165, 1.54) is 0 Å². The van der Waals surface area contributed by atoms with Crippen molar-refractivity contribution < 1.29 is 9.84 Å². The van der Waals surface area contributed by atoms with Gasteiger partial charge in [0.2, 0.25) is 0 Å². The fraction of sp³-hybridized carbons (Fsp3) is 0.211. The van der Waals surface area contributed by atoms with Crippen LogP contribution in [0.4, 0.5) is 0 Å². The Bertz CT molecular complexity index is 790. The van der Waals surface area contributed by atoms with Crippen LogP contribution >= 0.6 is 11.8 Å². The van der Waals surface area contributed by atoms with Gasteiger partial charge in [0.05, 0.1) is 12.1 Å². The van der Waals surface area contributed by atoms with E-state index in [1.807, 2.05) is 48.5 Å². The van der Waals surface area contributed by atoms with Gasteiger partial charge in [-0.05, 0) is 29.5 Å². The van der Waals surface area contributed by atoms with Crippen molar-refractivity contribution in [3.63, 3.8) is 0 Å². The molecule has 3 rings (SSSR count). The van der Waals surface area contributed by atoms with Gasteiger partial charge in [0.1, 0.15) is 12.4 Å². The number of fused-ring (bicyclic) bond motifs is 1. The summed E-state index contributed by atoms with van der Waals surface area (Å²) in [5, 5.41) is 10.6. The van der Waals surface area contributed by atoms with Gasteiger partial charge in [0.15, 0.2) is 0 Å². The SMILES string of the molecule is CCSc1c(CO)cnc2ccc(OCc3ccccc3)cc12. The number of hydrogen-bond acceptors (Lipinski definition) is 4. The molecule has 0 unspecified atom stereocenters. The van der Waals surface area contributed by atoms with Gasteiger partial charge in [-0.3, -0.25) is 4.98 Å². The van der Waals surface area contributed by atoms with E-state index in [2.05, 4.69) is 11.9 Å². The second kappa shape index (κ2) is 7.49. The molecule has 0 aliphatic heterocycles. The molecule has 0 aliphatic rings. The highest BCUT2D eigenvalue weighted by Gasteiger charge is 2.10. The van der Waals surface area contributed by atoms with Crippen LogP contribution in [-0.2, 0) is 13.2 Å². The first kappa shape index (κ1) is 15.8. The van der Waals surface area contributed by atoms with Crippen molar-refractivity contribution in [1.29, 1.82) is 0 Å². The number of thioether (sulfide) groups is 1. The van der Waals surface area contributed by atoms with Crippen molar-refractivity contribution in [2.75, 3.05) is 5.75 Å². The van der Waals surface area contributed by atoms with Crippen LogP contribution in [0.5, 0.6) is 5.75 Å². The van der Waals surface area contributed by atoms with Crippen molar-refractivity contribution in [1.82, 2.24) is 4.98 Å². The minimum Gasteiger partial charge on any atom is -0.489 e. The van der Waals surface area contributed by atoms with Gasteiger partial charge in [-0.2, -0.15) is 0 Å². The van der Waals surface area contributed by atoms with Crippen LogP contribution in [0.25, 0.3) is 10.9 Å². The molecule has 2 aromatic carbocycles. The average molecular weight is 325 g/mol. The van der Waals surface area contributed by atoms with Gasteiger partial charge in [-0.15, -0.1) is 11.8 Å². The zero-order valence-electron chi connectivity index (χ0n) is 13.0. The molecule has 118 valence electrons. The standard InChI is InChI=1S/C19H19NO2S/c1-2-23-19-15(12-21)11-20-18-9-8-16(10-17(18)19)22-13-14-6-4-3-5-7-14/h3-11,21H,2,12-13H2,1H3. The molecule has 0 atom stereocenters. The first-order valence-corrected chi connectivity index (χ1v) is 8.62. The van der Waals surface area contributed by atoms with Crippen molar-refractivity contribution in [2.24, 2.45) is 0 Å². The number of aliphatic hydroxyl groups excluding tert-OH is 1. The van der Waals surface area contributed by atoms with Crippen molar-refractivity contribution in [3.8, 4) is 5.75 Å². The van der Waals surface area contributed by atoms with E-state index in [1.54, 1.807) is 18.0 Å². The van der Waals surface area contributed by atoms with Crippen LogP contribution in [0, 0.1) is 0 Å². The topological polar surface area (TPSA) is 42.4 Å². The maximum absolute atomic E-state index is 9.54. The van der Waals surface area contributed by atoms with E-state index < -0.39 is 0 Å². The summed E-state index contributed by atoms with van der Waals surface area (Å²) in [4.78, 5) is 5.51. The van der Waals surface area contributed by atoms with Gasteiger partial charge in [-0.1, -0.05) is 37.3 Å². The lowest BCUT2D eigenvalue weighted by Crippen LogP contribution is -1.97. The van der Waals surface area contributed by atoms with Gasteiger partial charge >= 0.3 is 0 Å². The third kappa shape index (κ3) is 3.66. The number of hydrogen-bond donors (Lipinski definition) is 1. The minimum atomic E-state index is 0.000370. The van der Waals surface area contributed by atoms with Crippen LogP contribution in [-0.4, -0.2) is 15.8 Å². The second-order valence-corrected chi connectivity index (χ2v) is 6.43. The highest BCUT2D eigenvalue weighted by molar-refractivity contribution is 7.99. The lowest BCUT2D eigenvalue weighted by atomic mass is 10.1. The number of pyridine rings is 1. The molecule has 1 heterocycles. The molecular formula is C19H19NO2S. The average Bonchev–Trinajstić information content (AvgIpc) is 2.61. The maximum Gasteiger partial charge on any atom is 0.120 e. The molecule has 3 nitrogen and oxygen atoms in total. The van der Waals surface area contributed by atoms with Crippen LogP contribution in [0.2, 0.25) is 0 Å². The number of ether oxygens (including phenoxy) is 1.